The van der Waals surface area contributed by atoms with Crippen molar-refractivity contribution in [2.75, 3.05) is 12.4 Å². The lowest BCUT2D eigenvalue weighted by Gasteiger charge is -2.18. The smallest absolute Gasteiger partial charge is 0.407 e. The van der Waals surface area contributed by atoms with Crippen molar-refractivity contribution in [1.29, 1.82) is 0 Å². The van der Waals surface area contributed by atoms with E-state index in [1.54, 1.807) is 0 Å². The van der Waals surface area contributed by atoms with E-state index in [1.165, 1.54) is 19.5 Å². The second-order valence-corrected chi connectivity index (χ2v) is 8.28. The first-order valence-corrected chi connectivity index (χ1v) is 10.7. The Morgan fingerprint density at radius 3 is 2.77 bits per heavy atom. The third kappa shape index (κ3) is 5.31. The average Bonchev–Trinajstić information content (AvgIpc) is 3.13. The lowest BCUT2D eigenvalue weighted by molar-refractivity contribution is -0.115. The van der Waals surface area contributed by atoms with Gasteiger partial charge in [0.05, 0.1) is 31.6 Å². The first-order valence-electron chi connectivity index (χ1n) is 10.7. The predicted molar refractivity (Wildman–Crippen MR) is 112 cm³/mol. The molecule has 0 aromatic carbocycles. The Labute approximate surface area is 180 Å². The highest BCUT2D eigenvalue weighted by Gasteiger charge is 2.43. The van der Waals surface area contributed by atoms with Crippen LogP contribution in [0.2, 0.25) is 0 Å². The molecule has 0 aliphatic heterocycles. The normalized spacial score (nSPS) is 21.4. The number of amides is 2. The van der Waals surface area contributed by atoms with Gasteiger partial charge < -0.3 is 20.1 Å². The number of aromatic amines is 1. The molecule has 166 valence electrons. The van der Waals surface area contributed by atoms with Crippen LogP contribution in [-0.2, 0) is 16.0 Å². The maximum absolute atomic E-state index is 12.3. The molecule has 3 N–H and O–H groups in total. The molecule has 10 nitrogen and oxygen atoms in total. The molecule has 0 unspecified atom stereocenters. The van der Waals surface area contributed by atoms with Crippen LogP contribution in [0.5, 0.6) is 5.88 Å². The van der Waals surface area contributed by atoms with Gasteiger partial charge >= 0.3 is 6.09 Å². The molecule has 2 fully saturated rings. The summed E-state index contributed by atoms with van der Waals surface area (Å²) >= 11 is 0. The number of nitrogens with one attached hydrogen (secondary N) is 3. The van der Waals surface area contributed by atoms with Gasteiger partial charge in [-0.15, -0.1) is 0 Å². The summed E-state index contributed by atoms with van der Waals surface area (Å²) in [5.74, 6) is 0.841. The summed E-state index contributed by atoms with van der Waals surface area (Å²) in [7, 11) is 1.51. The fourth-order valence-electron chi connectivity index (χ4n) is 3.95. The zero-order valence-electron chi connectivity index (χ0n) is 17.8. The molecular weight excluding hydrogens is 400 g/mol. The molecule has 2 saturated carbocycles. The van der Waals surface area contributed by atoms with Gasteiger partial charge in [-0.25, -0.2) is 9.78 Å². The van der Waals surface area contributed by atoms with Crippen molar-refractivity contribution in [2.45, 2.75) is 69.4 Å². The Kier molecular flexibility index (Phi) is 6.06. The number of anilines is 1. The largest absolute Gasteiger partial charge is 0.480 e. The molecule has 2 aromatic rings. The van der Waals surface area contributed by atoms with Gasteiger partial charge in [0.1, 0.15) is 6.10 Å². The number of hydrogen-bond acceptors (Lipinski definition) is 7. The average molecular weight is 428 g/mol. The van der Waals surface area contributed by atoms with Crippen LogP contribution in [0.1, 0.15) is 62.8 Å². The summed E-state index contributed by atoms with van der Waals surface area (Å²) < 4.78 is 10.6. The van der Waals surface area contributed by atoms with Gasteiger partial charge in [-0.1, -0.05) is 6.92 Å². The lowest BCUT2D eigenvalue weighted by atomic mass is 10.0. The number of aromatic nitrogens is 4. The summed E-state index contributed by atoms with van der Waals surface area (Å²) in [6.45, 7) is 2.08. The summed E-state index contributed by atoms with van der Waals surface area (Å²) in [6, 6.07) is 1.83. The number of alkyl carbamates (subject to hydrolysis) is 1. The minimum absolute atomic E-state index is 0.0387. The van der Waals surface area contributed by atoms with Crippen LogP contribution < -0.4 is 15.4 Å². The highest BCUT2D eigenvalue weighted by molar-refractivity contribution is 5.91. The zero-order chi connectivity index (χ0) is 21.8. The molecule has 0 spiro atoms. The van der Waals surface area contributed by atoms with Gasteiger partial charge in [-0.3, -0.25) is 14.9 Å². The minimum Gasteiger partial charge on any atom is -0.480 e. The second-order valence-electron chi connectivity index (χ2n) is 8.28. The van der Waals surface area contributed by atoms with Gasteiger partial charge in [0.15, 0.2) is 5.82 Å². The first kappa shape index (κ1) is 21.1. The fourth-order valence-corrected chi connectivity index (χ4v) is 3.95. The predicted octanol–water partition coefficient (Wildman–Crippen LogP) is 2.69. The number of hydrogen-bond donors (Lipinski definition) is 3. The zero-order valence-corrected chi connectivity index (χ0v) is 17.8. The number of carbonyl (C=O) groups is 2. The van der Waals surface area contributed by atoms with Crippen molar-refractivity contribution < 1.29 is 19.1 Å². The molecule has 2 aromatic heterocycles. The third-order valence-electron chi connectivity index (χ3n) is 6.09. The van der Waals surface area contributed by atoms with E-state index < -0.39 is 0 Å². The van der Waals surface area contributed by atoms with Crippen molar-refractivity contribution >= 4 is 17.8 Å². The molecule has 2 aliphatic carbocycles. The summed E-state index contributed by atoms with van der Waals surface area (Å²) in [5.41, 5.74) is 1.43. The van der Waals surface area contributed by atoms with E-state index in [-0.39, 0.29) is 36.0 Å². The molecule has 4 rings (SSSR count). The van der Waals surface area contributed by atoms with Crippen molar-refractivity contribution in [3.05, 3.63) is 29.8 Å². The lowest BCUT2D eigenvalue weighted by Crippen LogP contribution is -2.38. The van der Waals surface area contributed by atoms with Crippen LogP contribution >= 0.6 is 0 Å². The maximum Gasteiger partial charge on any atom is 0.407 e. The standard InChI is InChI=1S/C21H28N6O4/c1-3-21(6-7-21)25-20(29)31-15-5-4-13(8-15)16-10-17(27-26-16)24-18(28)9-14-11-23-19(30-2)12-22-14/h10-13,15H,3-9H2,1-2H3,(H,25,29)(H2,24,26,27,28)/t13-,15+/m0/s1. The highest BCUT2D eigenvalue weighted by atomic mass is 16.6. The van der Waals surface area contributed by atoms with Gasteiger partial charge in [0.2, 0.25) is 11.8 Å². The van der Waals surface area contributed by atoms with Crippen molar-refractivity contribution in [1.82, 2.24) is 25.5 Å². The number of methoxy groups -OCH3 is 1. The Balaban J connectivity index is 1.24. The highest BCUT2D eigenvalue weighted by Crippen LogP contribution is 2.39. The van der Waals surface area contributed by atoms with E-state index in [1.807, 2.05) is 6.07 Å². The van der Waals surface area contributed by atoms with Gasteiger partial charge in [-0.2, -0.15) is 5.10 Å². The number of nitrogens with zero attached hydrogens (tertiary/aromatic N) is 3. The van der Waals surface area contributed by atoms with E-state index in [0.29, 0.717) is 17.4 Å². The molecule has 2 amide bonds. The van der Waals surface area contributed by atoms with Gasteiger partial charge in [0, 0.05) is 23.2 Å². The monoisotopic (exact) mass is 428 g/mol. The summed E-state index contributed by atoms with van der Waals surface area (Å²) in [4.78, 5) is 32.6. The van der Waals surface area contributed by atoms with Crippen molar-refractivity contribution in [2.24, 2.45) is 0 Å². The molecule has 2 atom stereocenters. The van der Waals surface area contributed by atoms with Crippen LogP contribution in [0.25, 0.3) is 0 Å². The Bertz CT molecular complexity index is 924. The van der Waals surface area contributed by atoms with Crippen LogP contribution in [0.3, 0.4) is 0 Å². The SMILES string of the molecule is CCC1(NC(=O)O[C@@H]2CC[C@H](c3cc(NC(=O)Cc4cnc(OC)cn4)n[nH]3)C2)CC1. The Morgan fingerprint density at radius 2 is 2.10 bits per heavy atom. The number of carbonyl (C=O) groups excluding carboxylic acids is 2. The van der Waals surface area contributed by atoms with Crippen LogP contribution in [0.15, 0.2) is 18.5 Å². The van der Waals surface area contributed by atoms with Crippen LogP contribution in [0.4, 0.5) is 10.6 Å². The molecule has 0 bridgehead atoms. The molecular formula is C21H28N6O4. The molecule has 2 heterocycles. The van der Waals surface area contributed by atoms with E-state index >= 15 is 0 Å². The topological polar surface area (TPSA) is 131 Å². The van der Waals surface area contributed by atoms with Gasteiger partial charge in [0.25, 0.3) is 0 Å². The first-order chi connectivity index (χ1) is 15.0. The van der Waals surface area contributed by atoms with Crippen molar-refractivity contribution in [3.8, 4) is 5.88 Å². The Morgan fingerprint density at radius 1 is 1.26 bits per heavy atom. The van der Waals surface area contributed by atoms with E-state index in [0.717, 1.165) is 44.2 Å². The van der Waals surface area contributed by atoms with Gasteiger partial charge in [-0.05, 0) is 38.5 Å². The van der Waals surface area contributed by atoms with Crippen LogP contribution in [-0.4, -0.2) is 50.9 Å². The molecule has 31 heavy (non-hydrogen) atoms. The summed E-state index contributed by atoms with van der Waals surface area (Å²) in [6.07, 6.45) is 8.09. The molecule has 0 saturated heterocycles. The van der Waals surface area contributed by atoms with E-state index in [9.17, 15) is 9.59 Å². The third-order valence-corrected chi connectivity index (χ3v) is 6.09. The molecule has 2 aliphatic rings. The number of ether oxygens (including phenoxy) is 2. The minimum atomic E-state index is -0.316. The summed E-state index contributed by atoms with van der Waals surface area (Å²) in [5, 5.41) is 13.0. The molecule has 10 heteroatoms. The fraction of sp³-hybridized carbons (Fsp3) is 0.571. The molecule has 0 radical (unpaired) electrons. The van der Waals surface area contributed by atoms with Crippen LogP contribution in [0, 0.1) is 0 Å². The maximum atomic E-state index is 12.3. The quantitative estimate of drug-likeness (QED) is 0.589. The van der Waals surface area contributed by atoms with E-state index in [2.05, 4.69) is 37.7 Å². The number of H-pyrrole nitrogens is 1. The van der Waals surface area contributed by atoms with E-state index in [4.69, 9.17) is 9.47 Å². The van der Waals surface area contributed by atoms with Crippen molar-refractivity contribution in [3.63, 3.8) is 0 Å². The Hall–Kier alpha value is -3.17. The second kappa shape index (κ2) is 8.91. The number of rotatable bonds is 8.